The molecule has 1 aromatic heterocycles. The topological polar surface area (TPSA) is 131 Å². The van der Waals surface area contributed by atoms with Gasteiger partial charge in [-0.05, 0) is 29.8 Å². The lowest BCUT2D eigenvalue weighted by molar-refractivity contribution is -0.124. The maximum absolute atomic E-state index is 12.3. The second-order valence-electron chi connectivity index (χ2n) is 8.07. The van der Waals surface area contributed by atoms with Gasteiger partial charge in [0.15, 0.2) is 0 Å². The summed E-state index contributed by atoms with van der Waals surface area (Å²) in [5, 5.41) is 18.8. The van der Waals surface area contributed by atoms with Gasteiger partial charge in [-0.15, -0.1) is 0 Å². The maximum Gasteiger partial charge on any atom is 0.319 e. The summed E-state index contributed by atoms with van der Waals surface area (Å²) in [6.45, 7) is 0.549. The molecule has 0 radical (unpaired) electrons. The highest BCUT2D eigenvalue weighted by Crippen LogP contribution is 2.35. The largest absolute Gasteiger partial charge is 0.497 e. The molecule has 2 saturated heterocycles. The summed E-state index contributed by atoms with van der Waals surface area (Å²) in [5.41, 5.74) is 1.53. The number of nitrogens with one attached hydrogen (secondary N) is 3. The van der Waals surface area contributed by atoms with Crippen molar-refractivity contribution in [1.29, 1.82) is 0 Å². The Hall–Kier alpha value is -3.21. The van der Waals surface area contributed by atoms with Gasteiger partial charge in [0.05, 0.1) is 37.6 Å². The van der Waals surface area contributed by atoms with E-state index in [2.05, 4.69) is 20.9 Å². The Morgan fingerprint density at radius 2 is 2.00 bits per heavy atom. The average Bonchev–Trinajstić information content (AvgIpc) is 3.35. The minimum Gasteiger partial charge on any atom is -0.497 e. The summed E-state index contributed by atoms with van der Waals surface area (Å²) < 4.78 is 16.9. The van der Waals surface area contributed by atoms with Crippen molar-refractivity contribution in [2.75, 3.05) is 19.0 Å². The number of ether oxygens (including phenoxy) is 3. The number of methoxy groups -OCH3 is 1. The Morgan fingerprint density at radius 3 is 2.70 bits per heavy atom. The minimum atomic E-state index is -0.888. The number of aliphatic hydroxyl groups excluding tert-OH is 1. The quantitative estimate of drug-likeness (QED) is 0.470. The lowest BCUT2D eigenvalue weighted by Gasteiger charge is -2.20. The average molecular weight is 456 g/mol. The number of hydrogen-bond acceptors (Lipinski definition) is 7. The first-order valence-electron chi connectivity index (χ1n) is 10.9. The van der Waals surface area contributed by atoms with E-state index in [1.165, 1.54) is 6.20 Å². The van der Waals surface area contributed by atoms with Crippen molar-refractivity contribution in [3.05, 3.63) is 54.4 Å². The van der Waals surface area contributed by atoms with Crippen LogP contribution >= 0.6 is 0 Å². The van der Waals surface area contributed by atoms with E-state index >= 15 is 0 Å². The molecule has 2 fully saturated rings. The van der Waals surface area contributed by atoms with Crippen LogP contribution in [0.15, 0.2) is 48.8 Å². The molecule has 10 heteroatoms. The molecule has 2 aliphatic heterocycles. The van der Waals surface area contributed by atoms with E-state index in [1.807, 2.05) is 24.3 Å². The van der Waals surface area contributed by atoms with E-state index in [0.29, 0.717) is 18.7 Å². The van der Waals surface area contributed by atoms with Crippen LogP contribution in [0.4, 0.5) is 10.5 Å². The highest BCUT2D eigenvalue weighted by atomic mass is 16.6. The Morgan fingerprint density at radius 1 is 1.18 bits per heavy atom. The van der Waals surface area contributed by atoms with Crippen molar-refractivity contribution in [3.63, 3.8) is 0 Å². The molecule has 176 valence electrons. The molecule has 0 aliphatic carbocycles. The highest BCUT2D eigenvalue weighted by molar-refractivity contribution is 5.88. The van der Waals surface area contributed by atoms with Crippen LogP contribution in [0.1, 0.15) is 18.4 Å². The standard InChI is InChI=1S/C23H28N4O6/c1-31-16-6-4-14(5-7-16)11-25-20(28)10-17-9-18-22(32-17)21(29)19(33-18)13-26-23(30)27-15-3-2-8-24-12-15/h2-8,12,17-19,21-22,29H,9-11,13H2,1H3,(H,25,28)(H2,26,27,30)/t17-,18+,19+,21+,22-/m0/s1. The molecule has 3 heterocycles. The van der Waals surface area contributed by atoms with Crippen LogP contribution in [0, 0.1) is 0 Å². The summed E-state index contributed by atoms with van der Waals surface area (Å²) in [7, 11) is 1.60. The molecule has 1 aromatic carbocycles. The van der Waals surface area contributed by atoms with Crippen LogP contribution in [-0.2, 0) is 20.8 Å². The van der Waals surface area contributed by atoms with Crippen LogP contribution < -0.4 is 20.7 Å². The van der Waals surface area contributed by atoms with Gasteiger partial charge in [-0.3, -0.25) is 9.78 Å². The van der Waals surface area contributed by atoms with Gasteiger partial charge in [0, 0.05) is 25.7 Å². The molecule has 0 saturated carbocycles. The van der Waals surface area contributed by atoms with Crippen LogP contribution in [0.2, 0.25) is 0 Å². The van der Waals surface area contributed by atoms with Crippen LogP contribution in [0.5, 0.6) is 5.75 Å². The smallest absolute Gasteiger partial charge is 0.319 e. The molecule has 0 unspecified atom stereocenters. The number of carbonyl (C=O) groups excluding carboxylic acids is 2. The highest BCUT2D eigenvalue weighted by Gasteiger charge is 2.50. The predicted molar refractivity (Wildman–Crippen MR) is 119 cm³/mol. The number of carbonyl (C=O) groups is 2. The molecule has 4 rings (SSSR count). The molecule has 3 amide bonds. The molecule has 4 N–H and O–H groups in total. The monoisotopic (exact) mass is 456 g/mol. The molecule has 0 spiro atoms. The first-order chi connectivity index (χ1) is 16.0. The molecule has 33 heavy (non-hydrogen) atoms. The number of benzene rings is 1. The number of amides is 3. The van der Waals surface area contributed by atoms with Gasteiger partial charge in [-0.1, -0.05) is 12.1 Å². The Kier molecular flexibility index (Phi) is 7.38. The Balaban J connectivity index is 1.17. The number of rotatable bonds is 8. The first kappa shape index (κ1) is 23.0. The number of aromatic nitrogens is 1. The number of pyridine rings is 1. The lowest BCUT2D eigenvalue weighted by Crippen LogP contribution is -2.42. The third kappa shape index (κ3) is 5.98. The van der Waals surface area contributed by atoms with Crippen molar-refractivity contribution >= 4 is 17.6 Å². The van der Waals surface area contributed by atoms with Gasteiger partial charge >= 0.3 is 6.03 Å². The zero-order valence-corrected chi connectivity index (χ0v) is 18.3. The summed E-state index contributed by atoms with van der Waals surface area (Å²) >= 11 is 0. The Labute approximate surface area is 191 Å². The Bertz CT molecular complexity index is 942. The fourth-order valence-electron chi connectivity index (χ4n) is 4.04. The van der Waals surface area contributed by atoms with E-state index in [-0.39, 0.29) is 31.1 Å². The number of anilines is 1. The van der Waals surface area contributed by atoms with Gasteiger partial charge in [0.25, 0.3) is 0 Å². The number of hydrogen-bond donors (Lipinski definition) is 4. The number of urea groups is 1. The molecule has 10 nitrogen and oxygen atoms in total. The maximum atomic E-state index is 12.3. The molecule has 5 atom stereocenters. The minimum absolute atomic E-state index is 0.129. The summed E-state index contributed by atoms with van der Waals surface area (Å²) in [5.74, 6) is 0.632. The third-order valence-electron chi connectivity index (χ3n) is 5.72. The van der Waals surface area contributed by atoms with E-state index in [9.17, 15) is 14.7 Å². The number of nitrogens with zero attached hydrogens (tertiary/aromatic N) is 1. The van der Waals surface area contributed by atoms with E-state index < -0.39 is 24.3 Å². The van der Waals surface area contributed by atoms with Crippen LogP contribution in [0.25, 0.3) is 0 Å². The zero-order valence-electron chi connectivity index (χ0n) is 18.3. The molecule has 2 aliphatic rings. The van der Waals surface area contributed by atoms with Crippen molar-refractivity contribution in [2.45, 2.75) is 49.9 Å². The van der Waals surface area contributed by atoms with Crippen LogP contribution in [-0.4, -0.2) is 66.2 Å². The first-order valence-corrected chi connectivity index (χ1v) is 10.9. The summed E-state index contributed by atoms with van der Waals surface area (Å²) in [6, 6.07) is 10.5. The van der Waals surface area contributed by atoms with Gasteiger partial charge in [0.1, 0.15) is 24.1 Å². The lowest BCUT2D eigenvalue weighted by atomic mass is 10.1. The van der Waals surface area contributed by atoms with Gasteiger partial charge in [-0.25, -0.2) is 4.79 Å². The van der Waals surface area contributed by atoms with Gasteiger partial charge in [-0.2, -0.15) is 0 Å². The molecular formula is C23H28N4O6. The fourth-order valence-corrected chi connectivity index (χ4v) is 4.04. The van der Waals surface area contributed by atoms with Crippen molar-refractivity contribution < 1.29 is 28.9 Å². The van der Waals surface area contributed by atoms with Crippen LogP contribution in [0.3, 0.4) is 0 Å². The van der Waals surface area contributed by atoms with Crippen molar-refractivity contribution in [1.82, 2.24) is 15.6 Å². The van der Waals surface area contributed by atoms with E-state index in [4.69, 9.17) is 14.2 Å². The normalized spacial score (nSPS) is 25.8. The summed E-state index contributed by atoms with van der Waals surface area (Å²) in [4.78, 5) is 28.3. The predicted octanol–water partition coefficient (Wildman–Crippen LogP) is 1.20. The summed E-state index contributed by atoms with van der Waals surface area (Å²) in [6.07, 6.45) is 1.23. The SMILES string of the molecule is COc1ccc(CNC(=O)C[C@@H]2C[C@H]3O[C@H](CNC(=O)Nc4cccnc4)[C@@H](O)[C@H]3O2)cc1. The fraction of sp³-hybridized carbons (Fsp3) is 0.435. The second-order valence-corrected chi connectivity index (χ2v) is 8.07. The van der Waals surface area contributed by atoms with Gasteiger partial charge in [0.2, 0.25) is 5.91 Å². The van der Waals surface area contributed by atoms with Crippen molar-refractivity contribution in [3.8, 4) is 5.75 Å². The molecule has 0 bridgehead atoms. The number of fused-ring (bicyclic) bond motifs is 1. The van der Waals surface area contributed by atoms with Gasteiger partial charge < -0.3 is 35.3 Å². The van der Waals surface area contributed by atoms with Crippen molar-refractivity contribution in [2.24, 2.45) is 0 Å². The molecular weight excluding hydrogens is 428 g/mol. The van der Waals surface area contributed by atoms with E-state index in [1.54, 1.807) is 25.4 Å². The second kappa shape index (κ2) is 10.6. The number of aliphatic hydroxyl groups is 1. The third-order valence-corrected chi connectivity index (χ3v) is 5.72. The molecule has 2 aromatic rings. The van der Waals surface area contributed by atoms with E-state index in [0.717, 1.165) is 11.3 Å². The zero-order chi connectivity index (χ0) is 23.2.